The van der Waals surface area contributed by atoms with E-state index < -0.39 is 0 Å². The lowest BCUT2D eigenvalue weighted by Gasteiger charge is -2.34. The molecule has 1 fully saturated rings. The van der Waals surface area contributed by atoms with Gasteiger partial charge in [-0.2, -0.15) is 0 Å². The fraction of sp³-hybridized carbons (Fsp3) is 0.250. The fourth-order valence-electron chi connectivity index (χ4n) is 3.91. The van der Waals surface area contributed by atoms with Crippen LogP contribution < -0.4 is 16.0 Å². The number of carbonyl (C=O) groups is 1. The smallest absolute Gasteiger partial charge is 0.195 e. The lowest BCUT2D eigenvalue weighted by Crippen LogP contribution is -2.36. The van der Waals surface area contributed by atoms with E-state index in [9.17, 15) is 4.79 Å². The van der Waals surface area contributed by atoms with Crippen LogP contribution in [-0.2, 0) is 0 Å². The standard InChI is InChI=1S/C24H25ClN4O/c25-19-6-4-18(5-7-19)24(30)21-2-1-3-22(26)23(21)28-16-17-10-14-29(15-11-17)20-8-12-27-13-9-20/h1-9,12-13,17,28H,10-11,14-16,26H2. The maximum Gasteiger partial charge on any atom is 0.195 e. The maximum atomic E-state index is 13.0. The van der Waals surface area contributed by atoms with Crippen LogP contribution in [-0.4, -0.2) is 30.4 Å². The number of benzene rings is 2. The third-order valence-corrected chi connectivity index (χ3v) is 5.91. The Balaban J connectivity index is 1.42. The number of nitrogens with zero attached hydrogens (tertiary/aromatic N) is 2. The van der Waals surface area contributed by atoms with Gasteiger partial charge in [0, 0.05) is 53.9 Å². The molecule has 1 aliphatic heterocycles. The molecule has 0 bridgehead atoms. The molecule has 30 heavy (non-hydrogen) atoms. The van der Waals surface area contributed by atoms with Crippen LogP contribution in [0.2, 0.25) is 5.02 Å². The molecule has 3 aromatic rings. The summed E-state index contributed by atoms with van der Waals surface area (Å²) in [6.07, 6.45) is 5.84. The number of nitrogen functional groups attached to an aromatic ring is 1. The van der Waals surface area contributed by atoms with E-state index in [4.69, 9.17) is 17.3 Å². The molecule has 1 aromatic heterocycles. The first kappa shape index (κ1) is 20.2. The highest BCUT2D eigenvalue weighted by Gasteiger charge is 2.21. The van der Waals surface area contributed by atoms with Crippen LogP contribution in [0.5, 0.6) is 0 Å². The zero-order valence-corrected chi connectivity index (χ0v) is 17.5. The second-order valence-corrected chi connectivity index (χ2v) is 8.06. The summed E-state index contributed by atoms with van der Waals surface area (Å²) in [5.41, 5.74) is 9.94. The summed E-state index contributed by atoms with van der Waals surface area (Å²) in [6.45, 7) is 2.81. The largest absolute Gasteiger partial charge is 0.397 e. The number of halogens is 1. The van der Waals surface area contributed by atoms with Crippen molar-refractivity contribution in [3.63, 3.8) is 0 Å². The second kappa shape index (κ2) is 9.18. The van der Waals surface area contributed by atoms with Gasteiger partial charge in [-0.1, -0.05) is 17.7 Å². The van der Waals surface area contributed by atoms with E-state index in [0.717, 1.165) is 32.5 Å². The predicted octanol–water partition coefficient (Wildman–Crippen LogP) is 4.88. The van der Waals surface area contributed by atoms with Crippen molar-refractivity contribution in [2.75, 3.05) is 35.6 Å². The highest BCUT2D eigenvalue weighted by Crippen LogP contribution is 2.28. The second-order valence-electron chi connectivity index (χ2n) is 7.62. The molecular formula is C24H25ClN4O. The monoisotopic (exact) mass is 420 g/mol. The van der Waals surface area contributed by atoms with Gasteiger partial charge in [-0.3, -0.25) is 9.78 Å². The van der Waals surface area contributed by atoms with Gasteiger partial charge in [-0.05, 0) is 67.3 Å². The van der Waals surface area contributed by atoms with E-state index in [1.54, 1.807) is 24.3 Å². The minimum absolute atomic E-state index is 0.0611. The molecule has 0 amide bonds. The summed E-state index contributed by atoms with van der Waals surface area (Å²) >= 11 is 5.95. The Bertz CT molecular complexity index is 999. The van der Waals surface area contributed by atoms with Gasteiger partial charge in [0.2, 0.25) is 0 Å². The molecule has 0 aliphatic carbocycles. The average Bonchev–Trinajstić information content (AvgIpc) is 2.79. The van der Waals surface area contributed by atoms with Gasteiger partial charge in [0.25, 0.3) is 0 Å². The van der Waals surface area contributed by atoms with E-state index >= 15 is 0 Å². The van der Waals surface area contributed by atoms with Crippen LogP contribution >= 0.6 is 11.6 Å². The average molecular weight is 421 g/mol. The summed E-state index contributed by atoms with van der Waals surface area (Å²) in [4.78, 5) is 19.5. The van der Waals surface area contributed by atoms with Crippen LogP contribution in [0.4, 0.5) is 17.1 Å². The number of pyridine rings is 1. The molecule has 1 aliphatic rings. The van der Waals surface area contributed by atoms with E-state index in [1.807, 2.05) is 30.6 Å². The van der Waals surface area contributed by atoms with Gasteiger partial charge in [-0.15, -0.1) is 0 Å². The number of para-hydroxylation sites is 1. The molecule has 0 radical (unpaired) electrons. The van der Waals surface area contributed by atoms with Gasteiger partial charge in [0.1, 0.15) is 0 Å². The molecule has 3 N–H and O–H groups in total. The van der Waals surface area contributed by atoms with Crippen LogP contribution in [0.15, 0.2) is 67.0 Å². The fourth-order valence-corrected chi connectivity index (χ4v) is 4.04. The Morgan fingerprint density at radius 1 is 1.07 bits per heavy atom. The number of aromatic nitrogens is 1. The molecule has 2 aromatic carbocycles. The Labute approximate surface area is 181 Å². The van der Waals surface area contributed by atoms with Crippen molar-refractivity contribution < 1.29 is 4.79 Å². The molecule has 2 heterocycles. The first-order chi connectivity index (χ1) is 14.6. The van der Waals surface area contributed by atoms with E-state index in [1.165, 1.54) is 5.69 Å². The molecule has 6 heteroatoms. The predicted molar refractivity (Wildman–Crippen MR) is 123 cm³/mol. The van der Waals surface area contributed by atoms with E-state index in [0.29, 0.717) is 33.4 Å². The van der Waals surface area contributed by atoms with Gasteiger partial charge in [0.05, 0.1) is 11.4 Å². The molecule has 0 unspecified atom stereocenters. The van der Waals surface area contributed by atoms with Crippen molar-refractivity contribution >= 4 is 34.4 Å². The number of hydrogen-bond donors (Lipinski definition) is 2. The number of piperidine rings is 1. The lowest BCUT2D eigenvalue weighted by molar-refractivity contribution is 0.103. The lowest BCUT2D eigenvalue weighted by atomic mass is 9.95. The van der Waals surface area contributed by atoms with Crippen molar-refractivity contribution in [2.24, 2.45) is 5.92 Å². The molecule has 0 atom stereocenters. The van der Waals surface area contributed by atoms with Crippen molar-refractivity contribution in [1.82, 2.24) is 4.98 Å². The summed E-state index contributed by atoms with van der Waals surface area (Å²) in [5, 5.41) is 4.07. The van der Waals surface area contributed by atoms with Crippen molar-refractivity contribution in [3.05, 3.63) is 83.1 Å². The van der Waals surface area contributed by atoms with Crippen LogP contribution in [0.3, 0.4) is 0 Å². The Hall–Kier alpha value is -3.05. The van der Waals surface area contributed by atoms with Crippen LogP contribution in [0, 0.1) is 5.92 Å². The molecule has 4 rings (SSSR count). The minimum atomic E-state index is -0.0611. The Morgan fingerprint density at radius 2 is 1.77 bits per heavy atom. The first-order valence-electron chi connectivity index (χ1n) is 10.2. The third kappa shape index (κ3) is 4.57. The van der Waals surface area contributed by atoms with Crippen molar-refractivity contribution in [3.8, 4) is 0 Å². The van der Waals surface area contributed by atoms with Crippen LogP contribution in [0.25, 0.3) is 0 Å². The summed E-state index contributed by atoms with van der Waals surface area (Å²) in [6, 6.07) is 16.5. The van der Waals surface area contributed by atoms with Gasteiger partial charge >= 0.3 is 0 Å². The molecule has 1 saturated heterocycles. The summed E-state index contributed by atoms with van der Waals surface area (Å²) < 4.78 is 0. The Morgan fingerprint density at radius 3 is 2.47 bits per heavy atom. The Kier molecular flexibility index (Phi) is 6.19. The first-order valence-corrected chi connectivity index (χ1v) is 10.6. The van der Waals surface area contributed by atoms with E-state index in [-0.39, 0.29) is 5.78 Å². The minimum Gasteiger partial charge on any atom is -0.397 e. The van der Waals surface area contributed by atoms with Gasteiger partial charge < -0.3 is 16.0 Å². The highest BCUT2D eigenvalue weighted by atomic mass is 35.5. The summed E-state index contributed by atoms with van der Waals surface area (Å²) in [5.74, 6) is 0.468. The molecular weight excluding hydrogens is 396 g/mol. The van der Waals surface area contributed by atoms with Gasteiger partial charge in [0.15, 0.2) is 5.78 Å². The number of ketones is 1. The number of rotatable bonds is 6. The van der Waals surface area contributed by atoms with Gasteiger partial charge in [-0.25, -0.2) is 0 Å². The highest BCUT2D eigenvalue weighted by molar-refractivity contribution is 6.30. The van der Waals surface area contributed by atoms with Crippen molar-refractivity contribution in [1.29, 1.82) is 0 Å². The van der Waals surface area contributed by atoms with Crippen molar-refractivity contribution in [2.45, 2.75) is 12.8 Å². The molecule has 154 valence electrons. The number of anilines is 3. The normalized spacial score (nSPS) is 14.5. The number of nitrogens with one attached hydrogen (secondary N) is 1. The van der Waals surface area contributed by atoms with E-state index in [2.05, 4.69) is 27.3 Å². The SMILES string of the molecule is Nc1cccc(C(=O)c2ccc(Cl)cc2)c1NCC1CCN(c2ccncc2)CC1. The summed E-state index contributed by atoms with van der Waals surface area (Å²) in [7, 11) is 0. The zero-order valence-electron chi connectivity index (χ0n) is 16.7. The zero-order chi connectivity index (χ0) is 20.9. The number of hydrogen-bond acceptors (Lipinski definition) is 5. The maximum absolute atomic E-state index is 13.0. The number of carbonyl (C=O) groups excluding carboxylic acids is 1. The third-order valence-electron chi connectivity index (χ3n) is 5.66. The topological polar surface area (TPSA) is 71.2 Å². The molecule has 0 saturated carbocycles. The molecule has 5 nitrogen and oxygen atoms in total. The number of nitrogens with two attached hydrogens (primary N) is 1. The quantitative estimate of drug-likeness (QED) is 0.439. The van der Waals surface area contributed by atoms with Crippen LogP contribution in [0.1, 0.15) is 28.8 Å². The molecule has 0 spiro atoms.